The molecular formula is C14H24N2O2. The van der Waals surface area contributed by atoms with Gasteiger partial charge in [-0.05, 0) is 25.7 Å². The molecule has 2 amide bonds. The number of hydrogen-bond acceptors (Lipinski definition) is 2. The Kier molecular flexibility index (Phi) is 3.93. The molecule has 1 unspecified atom stereocenters. The molecule has 2 aliphatic rings. The summed E-state index contributed by atoms with van der Waals surface area (Å²) >= 11 is 0. The van der Waals surface area contributed by atoms with E-state index in [9.17, 15) is 9.59 Å². The Morgan fingerprint density at radius 3 is 2.50 bits per heavy atom. The fourth-order valence-corrected chi connectivity index (χ4v) is 3.39. The van der Waals surface area contributed by atoms with Crippen LogP contribution in [0.4, 0.5) is 0 Å². The number of hydrogen-bond donors (Lipinski definition) is 1. The van der Waals surface area contributed by atoms with Crippen LogP contribution in [0.3, 0.4) is 0 Å². The van der Waals surface area contributed by atoms with Crippen LogP contribution in [0, 0.1) is 0 Å². The van der Waals surface area contributed by atoms with Gasteiger partial charge in [-0.2, -0.15) is 0 Å². The normalized spacial score (nSPS) is 24.4. The van der Waals surface area contributed by atoms with Crippen molar-refractivity contribution in [3.05, 3.63) is 0 Å². The maximum atomic E-state index is 12.7. The number of piperazine rings is 1. The summed E-state index contributed by atoms with van der Waals surface area (Å²) in [4.78, 5) is 26.4. The zero-order valence-corrected chi connectivity index (χ0v) is 11.5. The van der Waals surface area contributed by atoms with Crippen LogP contribution in [-0.2, 0) is 9.59 Å². The maximum absolute atomic E-state index is 12.7. The third-order valence-corrected chi connectivity index (χ3v) is 4.35. The number of nitrogens with zero attached hydrogens (tertiary/aromatic N) is 1. The van der Waals surface area contributed by atoms with Crippen LogP contribution < -0.4 is 5.32 Å². The van der Waals surface area contributed by atoms with Gasteiger partial charge in [0, 0.05) is 6.04 Å². The molecule has 1 atom stereocenters. The van der Waals surface area contributed by atoms with Crippen molar-refractivity contribution in [3.8, 4) is 0 Å². The van der Waals surface area contributed by atoms with Crippen LogP contribution in [0.2, 0.25) is 0 Å². The Hall–Kier alpha value is -1.06. The van der Waals surface area contributed by atoms with Crippen molar-refractivity contribution in [3.63, 3.8) is 0 Å². The smallest absolute Gasteiger partial charge is 0.249 e. The summed E-state index contributed by atoms with van der Waals surface area (Å²) in [6, 6.07) is 0.228. The first-order valence-corrected chi connectivity index (χ1v) is 7.25. The van der Waals surface area contributed by atoms with E-state index in [1.165, 1.54) is 0 Å². The van der Waals surface area contributed by atoms with Gasteiger partial charge in [-0.1, -0.05) is 33.1 Å². The molecule has 2 rings (SSSR count). The van der Waals surface area contributed by atoms with Gasteiger partial charge in [-0.15, -0.1) is 0 Å². The van der Waals surface area contributed by atoms with E-state index >= 15 is 0 Å². The number of amides is 2. The lowest BCUT2D eigenvalue weighted by atomic mass is 9.91. The highest BCUT2D eigenvalue weighted by atomic mass is 16.2. The molecule has 102 valence electrons. The summed E-state index contributed by atoms with van der Waals surface area (Å²) in [5.74, 6) is 0.186. The maximum Gasteiger partial charge on any atom is 0.249 e. The van der Waals surface area contributed by atoms with Crippen molar-refractivity contribution in [1.82, 2.24) is 10.2 Å². The SMILES string of the molecule is CCCC(CC)N1CC(=O)NC2(CCCC2)C1=O. The molecule has 1 aliphatic heterocycles. The van der Waals surface area contributed by atoms with E-state index in [4.69, 9.17) is 0 Å². The van der Waals surface area contributed by atoms with Gasteiger partial charge in [0.15, 0.2) is 0 Å². The summed E-state index contributed by atoms with van der Waals surface area (Å²) in [6.45, 7) is 4.48. The highest BCUT2D eigenvalue weighted by Gasteiger charge is 2.49. The van der Waals surface area contributed by atoms with Gasteiger partial charge in [0.05, 0.1) is 6.54 Å². The van der Waals surface area contributed by atoms with Crippen LogP contribution in [0.5, 0.6) is 0 Å². The minimum absolute atomic E-state index is 0.0195. The van der Waals surface area contributed by atoms with E-state index < -0.39 is 5.54 Å². The second kappa shape index (κ2) is 5.29. The number of nitrogens with one attached hydrogen (secondary N) is 1. The van der Waals surface area contributed by atoms with Crippen LogP contribution >= 0.6 is 0 Å². The first-order chi connectivity index (χ1) is 8.63. The highest BCUT2D eigenvalue weighted by Crippen LogP contribution is 2.34. The molecule has 4 heteroatoms. The second-order valence-corrected chi connectivity index (χ2v) is 5.62. The summed E-state index contributed by atoms with van der Waals surface area (Å²) in [6.07, 6.45) is 6.70. The zero-order chi connectivity index (χ0) is 13.2. The summed E-state index contributed by atoms with van der Waals surface area (Å²) < 4.78 is 0. The molecular weight excluding hydrogens is 228 g/mol. The highest BCUT2D eigenvalue weighted by molar-refractivity contribution is 5.98. The minimum atomic E-state index is -0.559. The predicted octanol–water partition coefficient (Wildman–Crippen LogP) is 1.84. The van der Waals surface area contributed by atoms with Crippen molar-refractivity contribution in [2.45, 2.75) is 70.4 Å². The standard InChI is InChI=1S/C14H24N2O2/c1-3-7-11(4-2)16-10-12(17)15-14(13(16)18)8-5-6-9-14/h11H,3-10H2,1-2H3,(H,15,17). The Morgan fingerprint density at radius 2 is 1.94 bits per heavy atom. The van der Waals surface area contributed by atoms with Crippen LogP contribution in [0.15, 0.2) is 0 Å². The Morgan fingerprint density at radius 1 is 1.28 bits per heavy atom. The first kappa shape index (κ1) is 13.4. The second-order valence-electron chi connectivity index (χ2n) is 5.62. The van der Waals surface area contributed by atoms with E-state index in [2.05, 4.69) is 19.2 Å². The zero-order valence-electron chi connectivity index (χ0n) is 11.5. The summed E-state index contributed by atoms with van der Waals surface area (Å²) in [5.41, 5.74) is -0.559. The summed E-state index contributed by atoms with van der Waals surface area (Å²) in [5, 5.41) is 2.96. The Bertz CT molecular complexity index is 335. The predicted molar refractivity (Wildman–Crippen MR) is 70.0 cm³/mol. The lowest BCUT2D eigenvalue weighted by molar-refractivity contribution is -0.152. The number of carbonyl (C=O) groups is 2. The van der Waals surface area contributed by atoms with Crippen LogP contribution in [0.1, 0.15) is 58.8 Å². The van der Waals surface area contributed by atoms with Crippen molar-refractivity contribution >= 4 is 11.8 Å². The van der Waals surface area contributed by atoms with Gasteiger partial charge in [0.2, 0.25) is 11.8 Å². The van der Waals surface area contributed by atoms with Crippen molar-refractivity contribution in [2.75, 3.05) is 6.54 Å². The molecule has 1 saturated carbocycles. The molecule has 18 heavy (non-hydrogen) atoms. The number of carbonyl (C=O) groups excluding carboxylic acids is 2. The lowest BCUT2D eigenvalue weighted by Crippen LogP contribution is -2.67. The van der Waals surface area contributed by atoms with Gasteiger partial charge in [0.1, 0.15) is 5.54 Å². The molecule has 1 spiro atoms. The largest absolute Gasteiger partial charge is 0.340 e. The van der Waals surface area contributed by atoms with Crippen LogP contribution in [0.25, 0.3) is 0 Å². The molecule has 0 bridgehead atoms. The fourth-order valence-electron chi connectivity index (χ4n) is 3.39. The van der Waals surface area contributed by atoms with Crippen LogP contribution in [-0.4, -0.2) is 34.8 Å². The summed E-state index contributed by atoms with van der Waals surface area (Å²) in [7, 11) is 0. The third-order valence-electron chi connectivity index (χ3n) is 4.35. The first-order valence-electron chi connectivity index (χ1n) is 7.25. The van der Waals surface area contributed by atoms with Gasteiger partial charge in [-0.25, -0.2) is 0 Å². The quantitative estimate of drug-likeness (QED) is 0.830. The minimum Gasteiger partial charge on any atom is -0.340 e. The number of rotatable bonds is 4. The monoisotopic (exact) mass is 252 g/mol. The molecule has 0 radical (unpaired) electrons. The topological polar surface area (TPSA) is 49.4 Å². The van der Waals surface area contributed by atoms with Crippen molar-refractivity contribution in [1.29, 1.82) is 0 Å². The third kappa shape index (κ3) is 2.25. The molecule has 2 fully saturated rings. The molecule has 0 aromatic heterocycles. The van der Waals surface area contributed by atoms with E-state index in [0.29, 0.717) is 0 Å². The lowest BCUT2D eigenvalue weighted by Gasteiger charge is -2.43. The van der Waals surface area contributed by atoms with Crippen molar-refractivity contribution in [2.24, 2.45) is 0 Å². The average Bonchev–Trinajstić information content (AvgIpc) is 2.80. The Labute approximate surface area is 109 Å². The van der Waals surface area contributed by atoms with E-state index in [1.54, 1.807) is 0 Å². The van der Waals surface area contributed by atoms with Gasteiger partial charge in [0.25, 0.3) is 0 Å². The molecule has 0 aromatic rings. The van der Waals surface area contributed by atoms with Gasteiger partial charge >= 0.3 is 0 Å². The molecule has 0 aromatic carbocycles. The van der Waals surface area contributed by atoms with Crippen molar-refractivity contribution < 1.29 is 9.59 Å². The molecule has 1 aliphatic carbocycles. The Balaban J connectivity index is 2.19. The molecule has 1 heterocycles. The molecule has 1 N–H and O–H groups in total. The fraction of sp³-hybridized carbons (Fsp3) is 0.857. The average molecular weight is 252 g/mol. The van der Waals surface area contributed by atoms with Gasteiger partial charge < -0.3 is 10.2 Å². The molecule has 4 nitrogen and oxygen atoms in total. The molecule has 1 saturated heterocycles. The van der Waals surface area contributed by atoms with E-state index in [-0.39, 0.29) is 24.4 Å². The van der Waals surface area contributed by atoms with Gasteiger partial charge in [-0.3, -0.25) is 9.59 Å². The van der Waals surface area contributed by atoms with E-state index in [0.717, 1.165) is 44.9 Å². The van der Waals surface area contributed by atoms with E-state index in [1.807, 2.05) is 4.90 Å².